The van der Waals surface area contributed by atoms with Crippen molar-refractivity contribution in [2.24, 2.45) is 23.2 Å². The summed E-state index contributed by atoms with van der Waals surface area (Å²) in [5.41, 5.74) is 0.316. The first-order valence-electron chi connectivity index (χ1n) is 4.32. The lowest BCUT2D eigenvalue weighted by Crippen LogP contribution is -2.11. The fourth-order valence-electron chi connectivity index (χ4n) is 2.22. The lowest BCUT2D eigenvalue weighted by molar-refractivity contribution is 0.239. The van der Waals surface area contributed by atoms with Crippen molar-refractivity contribution in [1.82, 2.24) is 0 Å². The van der Waals surface area contributed by atoms with Gasteiger partial charge in [-0.1, -0.05) is 26.8 Å². The van der Waals surface area contributed by atoms with Crippen LogP contribution in [0.1, 0.15) is 20.8 Å². The van der Waals surface area contributed by atoms with E-state index in [0.717, 1.165) is 0 Å². The Morgan fingerprint density at radius 3 is 2.55 bits per heavy atom. The van der Waals surface area contributed by atoms with E-state index in [9.17, 15) is 0 Å². The lowest BCUT2D eigenvalue weighted by atomic mass is 9.89. The summed E-state index contributed by atoms with van der Waals surface area (Å²) in [5.74, 6) is 1.67. The number of allylic oxidation sites excluding steroid dienone is 1. The lowest BCUT2D eigenvalue weighted by Gasteiger charge is -2.16. The third-order valence-corrected chi connectivity index (χ3v) is 3.81. The molecule has 1 nitrogen and oxygen atoms in total. The molecule has 1 N–H and O–H groups in total. The highest BCUT2D eigenvalue weighted by molar-refractivity contribution is 5.11. The van der Waals surface area contributed by atoms with Crippen LogP contribution in [-0.4, -0.2) is 11.7 Å². The average molecular weight is 154 g/mol. The third kappa shape index (κ3) is 1.02. The van der Waals surface area contributed by atoms with Gasteiger partial charge in [-0.05, 0) is 23.2 Å². The molecule has 0 aromatic heterocycles. The van der Waals surface area contributed by atoms with Crippen LogP contribution < -0.4 is 0 Å². The summed E-state index contributed by atoms with van der Waals surface area (Å²) < 4.78 is 0. The number of rotatable bonds is 3. The zero-order valence-corrected chi connectivity index (χ0v) is 7.67. The maximum absolute atomic E-state index is 9.02. The van der Waals surface area contributed by atoms with Gasteiger partial charge in [-0.3, -0.25) is 0 Å². The molecule has 1 rings (SSSR count). The van der Waals surface area contributed by atoms with Crippen molar-refractivity contribution in [3.63, 3.8) is 0 Å². The minimum atomic E-state index is 0.316. The standard InChI is InChI=1S/C10H18O/c1-5-7(2)10(4)8(3)9(10)6-11/h5,7-9,11H,1,6H2,2-4H3/t7?,8-,9-,10+/m1/s1. The van der Waals surface area contributed by atoms with Gasteiger partial charge in [0.05, 0.1) is 0 Å². The maximum atomic E-state index is 9.02. The Bertz CT molecular complexity index is 164. The zero-order chi connectivity index (χ0) is 8.65. The predicted molar refractivity (Wildman–Crippen MR) is 47.2 cm³/mol. The van der Waals surface area contributed by atoms with Crippen molar-refractivity contribution < 1.29 is 5.11 Å². The van der Waals surface area contributed by atoms with Crippen molar-refractivity contribution in [2.75, 3.05) is 6.61 Å². The Hall–Kier alpha value is -0.300. The second kappa shape index (κ2) is 2.63. The van der Waals surface area contributed by atoms with Crippen molar-refractivity contribution in [1.29, 1.82) is 0 Å². The molecule has 0 bridgehead atoms. The van der Waals surface area contributed by atoms with Gasteiger partial charge in [-0.2, -0.15) is 0 Å². The third-order valence-electron chi connectivity index (χ3n) is 3.81. The van der Waals surface area contributed by atoms with Crippen LogP contribution in [0.2, 0.25) is 0 Å². The van der Waals surface area contributed by atoms with Gasteiger partial charge in [0, 0.05) is 6.61 Å². The molecule has 1 heteroatoms. The van der Waals surface area contributed by atoms with Crippen molar-refractivity contribution >= 4 is 0 Å². The summed E-state index contributed by atoms with van der Waals surface area (Å²) in [6.45, 7) is 10.7. The maximum Gasteiger partial charge on any atom is 0.0467 e. The molecule has 0 spiro atoms. The zero-order valence-electron chi connectivity index (χ0n) is 7.67. The molecule has 11 heavy (non-hydrogen) atoms. The van der Waals surface area contributed by atoms with Crippen molar-refractivity contribution in [3.05, 3.63) is 12.7 Å². The highest BCUT2D eigenvalue weighted by Gasteiger charge is 2.59. The summed E-state index contributed by atoms with van der Waals surface area (Å²) in [6.07, 6.45) is 1.99. The molecule has 0 aromatic rings. The van der Waals surface area contributed by atoms with Crippen LogP contribution in [0.5, 0.6) is 0 Å². The molecular formula is C10H18O. The minimum Gasteiger partial charge on any atom is -0.396 e. The van der Waals surface area contributed by atoms with E-state index in [1.165, 1.54) is 0 Å². The first kappa shape index (κ1) is 8.79. The SMILES string of the molecule is C=CC(C)[C@@]1(C)[C@H](C)[C@H]1CO. The molecule has 0 saturated heterocycles. The van der Waals surface area contributed by atoms with Crippen LogP contribution in [0.3, 0.4) is 0 Å². The quantitative estimate of drug-likeness (QED) is 0.617. The molecule has 1 unspecified atom stereocenters. The van der Waals surface area contributed by atoms with Gasteiger partial charge in [0.15, 0.2) is 0 Å². The van der Waals surface area contributed by atoms with Crippen LogP contribution >= 0.6 is 0 Å². The van der Waals surface area contributed by atoms with E-state index in [1.54, 1.807) is 0 Å². The Balaban J connectivity index is 2.64. The van der Waals surface area contributed by atoms with E-state index >= 15 is 0 Å². The molecule has 0 aromatic carbocycles. The Kier molecular flexibility index (Phi) is 2.10. The van der Waals surface area contributed by atoms with Gasteiger partial charge in [-0.15, -0.1) is 6.58 Å². The summed E-state index contributed by atoms with van der Waals surface area (Å²) in [5, 5.41) is 9.02. The fraction of sp³-hybridized carbons (Fsp3) is 0.800. The summed E-state index contributed by atoms with van der Waals surface area (Å²) >= 11 is 0. The van der Waals surface area contributed by atoms with Crippen LogP contribution in [0, 0.1) is 23.2 Å². The van der Waals surface area contributed by atoms with Crippen LogP contribution in [-0.2, 0) is 0 Å². The largest absolute Gasteiger partial charge is 0.396 e. The van der Waals surface area contributed by atoms with Crippen LogP contribution in [0.4, 0.5) is 0 Å². The summed E-state index contributed by atoms with van der Waals surface area (Å²) in [4.78, 5) is 0. The summed E-state index contributed by atoms with van der Waals surface area (Å²) in [7, 11) is 0. The second-order valence-corrected chi connectivity index (χ2v) is 3.97. The van der Waals surface area contributed by atoms with E-state index in [0.29, 0.717) is 29.8 Å². The molecule has 1 fully saturated rings. The minimum absolute atomic E-state index is 0.316. The molecule has 0 heterocycles. The molecule has 64 valence electrons. The smallest absolute Gasteiger partial charge is 0.0467 e. The molecule has 4 atom stereocenters. The molecular weight excluding hydrogens is 136 g/mol. The van der Waals surface area contributed by atoms with Gasteiger partial charge in [0.25, 0.3) is 0 Å². The topological polar surface area (TPSA) is 20.2 Å². The monoisotopic (exact) mass is 154 g/mol. The molecule has 0 amide bonds. The number of hydrogen-bond donors (Lipinski definition) is 1. The van der Waals surface area contributed by atoms with Crippen molar-refractivity contribution in [3.8, 4) is 0 Å². The Morgan fingerprint density at radius 2 is 2.27 bits per heavy atom. The molecule has 0 aliphatic heterocycles. The fourth-order valence-corrected chi connectivity index (χ4v) is 2.22. The number of aliphatic hydroxyl groups excluding tert-OH is 1. The van der Waals surface area contributed by atoms with Gasteiger partial charge in [0.2, 0.25) is 0 Å². The van der Waals surface area contributed by atoms with Gasteiger partial charge in [-0.25, -0.2) is 0 Å². The normalized spacial score (nSPS) is 45.1. The Labute approximate surface area is 69.1 Å². The Morgan fingerprint density at radius 1 is 1.73 bits per heavy atom. The van der Waals surface area contributed by atoms with Gasteiger partial charge < -0.3 is 5.11 Å². The summed E-state index contributed by atoms with van der Waals surface area (Å²) in [6, 6.07) is 0. The van der Waals surface area contributed by atoms with Gasteiger partial charge >= 0.3 is 0 Å². The number of aliphatic hydroxyl groups is 1. The van der Waals surface area contributed by atoms with Gasteiger partial charge in [0.1, 0.15) is 0 Å². The van der Waals surface area contributed by atoms with Crippen molar-refractivity contribution in [2.45, 2.75) is 20.8 Å². The van der Waals surface area contributed by atoms with E-state index in [4.69, 9.17) is 5.11 Å². The van der Waals surface area contributed by atoms with E-state index in [1.807, 2.05) is 6.08 Å². The second-order valence-electron chi connectivity index (χ2n) is 3.97. The van der Waals surface area contributed by atoms with E-state index < -0.39 is 0 Å². The molecule has 1 saturated carbocycles. The van der Waals surface area contributed by atoms with E-state index in [-0.39, 0.29) is 0 Å². The number of hydrogen-bond acceptors (Lipinski definition) is 1. The molecule has 1 aliphatic rings. The highest BCUT2D eigenvalue weighted by Crippen LogP contribution is 2.62. The van der Waals surface area contributed by atoms with Crippen LogP contribution in [0.15, 0.2) is 12.7 Å². The van der Waals surface area contributed by atoms with E-state index in [2.05, 4.69) is 27.4 Å². The molecule has 0 radical (unpaired) electrons. The molecule has 1 aliphatic carbocycles. The highest BCUT2D eigenvalue weighted by atomic mass is 16.3. The predicted octanol–water partition coefficient (Wildman–Crippen LogP) is 2.07. The first-order chi connectivity index (χ1) is 5.08. The average Bonchev–Trinajstić information content (AvgIpc) is 2.54. The van der Waals surface area contributed by atoms with Crippen LogP contribution in [0.25, 0.3) is 0 Å². The first-order valence-corrected chi connectivity index (χ1v) is 4.32.